The molecule has 0 radical (unpaired) electrons. The minimum absolute atomic E-state index is 0.122. The fourth-order valence-corrected chi connectivity index (χ4v) is 1.53. The van der Waals surface area contributed by atoms with Crippen LogP contribution < -0.4 is 5.32 Å². The van der Waals surface area contributed by atoms with Gasteiger partial charge in [-0.15, -0.1) is 0 Å². The predicted octanol–water partition coefficient (Wildman–Crippen LogP) is 2.16. The van der Waals surface area contributed by atoms with Crippen molar-refractivity contribution in [1.29, 1.82) is 0 Å². The maximum Gasteiger partial charge on any atom is 0.251 e. The Balaban J connectivity index is 2.32. The first-order chi connectivity index (χ1) is 8.20. The maximum atomic E-state index is 11.4. The van der Waals surface area contributed by atoms with E-state index in [0.717, 1.165) is 5.56 Å². The van der Waals surface area contributed by atoms with Crippen molar-refractivity contribution in [3.63, 3.8) is 0 Å². The lowest BCUT2D eigenvalue weighted by Crippen LogP contribution is -2.17. The molecular weight excluding hydrogens is 238 g/mol. The second kappa shape index (κ2) is 4.93. The van der Waals surface area contributed by atoms with Crippen molar-refractivity contribution >= 4 is 17.5 Å². The van der Waals surface area contributed by atoms with Gasteiger partial charge < -0.3 is 5.32 Å². The van der Waals surface area contributed by atoms with Gasteiger partial charge in [-0.2, -0.15) is 0 Å². The zero-order valence-electron chi connectivity index (χ0n) is 9.14. The zero-order valence-corrected chi connectivity index (χ0v) is 9.90. The predicted molar refractivity (Wildman–Crippen MR) is 65.9 cm³/mol. The molecule has 1 N–H and O–H groups in total. The van der Waals surface area contributed by atoms with Gasteiger partial charge in [0.25, 0.3) is 5.91 Å². The number of hydrogen-bond acceptors (Lipinski definition) is 3. The number of carbonyl (C=O) groups is 1. The van der Waals surface area contributed by atoms with Crippen molar-refractivity contribution < 1.29 is 4.79 Å². The summed E-state index contributed by atoms with van der Waals surface area (Å²) in [6.07, 6.45) is 1.59. The van der Waals surface area contributed by atoms with Gasteiger partial charge in [-0.3, -0.25) is 4.79 Å². The molecule has 0 aliphatic rings. The Morgan fingerprint density at radius 1 is 1.24 bits per heavy atom. The maximum absolute atomic E-state index is 11.4. The summed E-state index contributed by atoms with van der Waals surface area (Å²) >= 11 is 5.78. The molecule has 1 heterocycles. The number of hydrogen-bond donors (Lipinski definition) is 1. The second-order valence-corrected chi connectivity index (χ2v) is 3.75. The monoisotopic (exact) mass is 247 g/mol. The van der Waals surface area contributed by atoms with Crippen LogP contribution in [0, 0.1) is 0 Å². The van der Waals surface area contributed by atoms with E-state index in [1.165, 1.54) is 0 Å². The molecule has 4 nitrogen and oxygen atoms in total. The summed E-state index contributed by atoms with van der Waals surface area (Å²) in [4.78, 5) is 19.6. The summed E-state index contributed by atoms with van der Waals surface area (Å²) in [5.41, 5.74) is 1.42. The van der Waals surface area contributed by atoms with E-state index in [-0.39, 0.29) is 5.91 Å². The molecule has 0 unspecified atom stereocenters. The van der Waals surface area contributed by atoms with E-state index in [4.69, 9.17) is 11.6 Å². The van der Waals surface area contributed by atoms with Gasteiger partial charge in [-0.25, -0.2) is 9.97 Å². The number of rotatable bonds is 2. The number of benzene rings is 1. The molecule has 86 valence electrons. The molecule has 0 saturated heterocycles. The van der Waals surface area contributed by atoms with Gasteiger partial charge in [0, 0.05) is 24.4 Å². The Kier molecular flexibility index (Phi) is 3.35. The molecule has 0 saturated carbocycles. The lowest BCUT2D eigenvalue weighted by Gasteiger charge is -2.02. The third-order valence-electron chi connectivity index (χ3n) is 2.25. The van der Waals surface area contributed by atoms with Gasteiger partial charge in [-0.05, 0) is 18.2 Å². The lowest BCUT2D eigenvalue weighted by molar-refractivity contribution is 0.0963. The molecule has 0 aliphatic carbocycles. The van der Waals surface area contributed by atoms with E-state index in [1.54, 1.807) is 43.6 Å². The normalized spacial score (nSPS) is 10.0. The van der Waals surface area contributed by atoms with E-state index in [9.17, 15) is 4.79 Å². The van der Waals surface area contributed by atoms with Crippen molar-refractivity contribution in [2.24, 2.45) is 0 Å². The summed E-state index contributed by atoms with van der Waals surface area (Å²) in [6, 6.07) is 8.63. The highest BCUT2D eigenvalue weighted by Gasteiger charge is 2.05. The third-order valence-corrected chi connectivity index (χ3v) is 2.46. The van der Waals surface area contributed by atoms with E-state index in [0.29, 0.717) is 16.5 Å². The van der Waals surface area contributed by atoms with Gasteiger partial charge in [-0.1, -0.05) is 23.7 Å². The molecule has 0 spiro atoms. The molecule has 17 heavy (non-hydrogen) atoms. The second-order valence-electron chi connectivity index (χ2n) is 3.36. The van der Waals surface area contributed by atoms with Crippen LogP contribution >= 0.6 is 11.6 Å². The Morgan fingerprint density at radius 3 is 2.53 bits per heavy atom. The van der Waals surface area contributed by atoms with E-state index < -0.39 is 0 Å². The first-order valence-corrected chi connectivity index (χ1v) is 5.39. The minimum Gasteiger partial charge on any atom is -0.355 e. The van der Waals surface area contributed by atoms with Crippen molar-refractivity contribution in [1.82, 2.24) is 15.3 Å². The smallest absolute Gasteiger partial charge is 0.251 e. The van der Waals surface area contributed by atoms with Gasteiger partial charge >= 0.3 is 0 Å². The summed E-state index contributed by atoms with van der Waals surface area (Å²) in [7, 11) is 1.59. The third kappa shape index (κ3) is 2.60. The highest BCUT2D eigenvalue weighted by atomic mass is 35.5. The number of aromatic nitrogens is 2. The standard InChI is InChI=1S/C12H10ClN3O/c1-14-12(17)9-4-2-8(3-5-9)11-15-7-6-10(13)16-11/h2-7H,1H3,(H,14,17). The number of amides is 1. The number of carbonyl (C=O) groups excluding carboxylic acids is 1. The fraction of sp³-hybridized carbons (Fsp3) is 0.0833. The van der Waals surface area contributed by atoms with Crippen molar-refractivity contribution in [3.8, 4) is 11.4 Å². The first kappa shape index (κ1) is 11.5. The highest BCUT2D eigenvalue weighted by molar-refractivity contribution is 6.29. The molecule has 2 rings (SSSR count). The van der Waals surface area contributed by atoms with Crippen LogP contribution in [0.1, 0.15) is 10.4 Å². The van der Waals surface area contributed by atoms with Gasteiger partial charge in [0.05, 0.1) is 0 Å². The fourth-order valence-electron chi connectivity index (χ4n) is 1.39. The summed E-state index contributed by atoms with van der Waals surface area (Å²) in [5, 5.41) is 2.95. The first-order valence-electron chi connectivity index (χ1n) is 5.02. The van der Waals surface area contributed by atoms with Gasteiger partial charge in [0.15, 0.2) is 5.82 Å². The molecule has 5 heteroatoms. The average molecular weight is 248 g/mol. The zero-order chi connectivity index (χ0) is 12.3. The molecular formula is C12H10ClN3O. The molecule has 0 aliphatic heterocycles. The quantitative estimate of drug-likeness (QED) is 0.828. The average Bonchev–Trinajstić information content (AvgIpc) is 2.38. The minimum atomic E-state index is -0.122. The Morgan fingerprint density at radius 2 is 1.94 bits per heavy atom. The van der Waals surface area contributed by atoms with Crippen LogP contribution in [0.4, 0.5) is 0 Å². The summed E-state index contributed by atoms with van der Waals surface area (Å²) in [5.74, 6) is 0.421. The van der Waals surface area contributed by atoms with Crippen LogP contribution in [-0.4, -0.2) is 22.9 Å². The van der Waals surface area contributed by atoms with E-state index in [2.05, 4.69) is 15.3 Å². The molecule has 0 bridgehead atoms. The van der Waals surface area contributed by atoms with Crippen molar-refractivity contribution in [3.05, 3.63) is 47.2 Å². The van der Waals surface area contributed by atoms with Crippen LogP contribution in [0.25, 0.3) is 11.4 Å². The molecule has 1 aromatic carbocycles. The number of halogens is 1. The number of nitrogens with zero attached hydrogens (tertiary/aromatic N) is 2. The van der Waals surface area contributed by atoms with Gasteiger partial charge in [0.1, 0.15) is 5.15 Å². The highest BCUT2D eigenvalue weighted by Crippen LogP contribution is 2.16. The van der Waals surface area contributed by atoms with E-state index >= 15 is 0 Å². The number of nitrogens with one attached hydrogen (secondary N) is 1. The largest absolute Gasteiger partial charge is 0.355 e. The van der Waals surface area contributed by atoms with Crippen LogP contribution in [0.5, 0.6) is 0 Å². The van der Waals surface area contributed by atoms with Crippen LogP contribution in [0.15, 0.2) is 36.5 Å². The molecule has 1 aromatic heterocycles. The molecule has 1 amide bonds. The van der Waals surface area contributed by atoms with Crippen molar-refractivity contribution in [2.45, 2.75) is 0 Å². The Bertz CT molecular complexity index is 540. The Hall–Kier alpha value is -1.94. The van der Waals surface area contributed by atoms with Crippen LogP contribution in [0.2, 0.25) is 5.15 Å². The summed E-state index contributed by atoms with van der Waals surface area (Å²) < 4.78 is 0. The Labute approximate surface area is 104 Å². The van der Waals surface area contributed by atoms with Crippen LogP contribution in [0.3, 0.4) is 0 Å². The SMILES string of the molecule is CNC(=O)c1ccc(-c2nccc(Cl)n2)cc1. The molecule has 0 fully saturated rings. The van der Waals surface area contributed by atoms with Crippen molar-refractivity contribution in [2.75, 3.05) is 7.05 Å². The topological polar surface area (TPSA) is 54.9 Å². The molecule has 2 aromatic rings. The van der Waals surface area contributed by atoms with E-state index in [1.807, 2.05) is 0 Å². The molecule has 0 atom stereocenters. The summed E-state index contributed by atoms with van der Waals surface area (Å²) in [6.45, 7) is 0. The lowest BCUT2D eigenvalue weighted by atomic mass is 10.1. The van der Waals surface area contributed by atoms with Gasteiger partial charge in [0.2, 0.25) is 0 Å². The van der Waals surface area contributed by atoms with Crippen LogP contribution in [-0.2, 0) is 0 Å².